The largest absolute Gasteiger partial charge is 0.350 e. The first-order valence-electron chi connectivity index (χ1n) is 7.64. The van der Waals surface area contributed by atoms with Gasteiger partial charge in [0.25, 0.3) is 0 Å². The monoisotopic (exact) mass is 299 g/mol. The van der Waals surface area contributed by atoms with Gasteiger partial charge in [-0.3, -0.25) is 9.59 Å². The van der Waals surface area contributed by atoms with Crippen molar-refractivity contribution in [2.24, 2.45) is 5.92 Å². The average Bonchev–Trinajstić information content (AvgIpc) is 3.04. The summed E-state index contributed by atoms with van der Waals surface area (Å²) in [6, 6.07) is 8.71. The summed E-state index contributed by atoms with van der Waals surface area (Å²) in [7, 11) is 0. The number of rotatable bonds is 5. The highest BCUT2D eigenvalue weighted by Gasteiger charge is 2.31. The van der Waals surface area contributed by atoms with Crippen molar-refractivity contribution in [2.75, 3.05) is 0 Å². The van der Waals surface area contributed by atoms with E-state index in [1.165, 1.54) is 6.92 Å². The van der Waals surface area contributed by atoms with Gasteiger partial charge in [-0.05, 0) is 36.5 Å². The predicted octanol–water partition coefficient (Wildman–Crippen LogP) is 1.87. The van der Waals surface area contributed by atoms with Crippen molar-refractivity contribution in [3.8, 4) is 6.07 Å². The SMILES string of the molecule is CC(=O)NC(C(=O)NCc1ccc(C#N)cc1)C1CCCC1. The van der Waals surface area contributed by atoms with Gasteiger partial charge in [-0.25, -0.2) is 0 Å². The van der Waals surface area contributed by atoms with Crippen molar-refractivity contribution < 1.29 is 9.59 Å². The summed E-state index contributed by atoms with van der Waals surface area (Å²) in [4.78, 5) is 23.7. The second kappa shape index (κ2) is 7.60. The van der Waals surface area contributed by atoms with Crippen LogP contribution < -0.4 is 10.6 Å². The number of benzene rings is 1. The topological polar surface area (TPSA) is 82.0 Å². The van der Waals surface area contributed by atoms with Crippen molar-refractivity contribution in [3.05, 3.63) is 35.4 Å². The number of hydrogen-bond acceptors (Lipinski definition) is 3. The second-order valence-corrected chi connectivity index (χ2v) is 5.75. The Bertz CT molecular complexity index is 569. The van der Waals surface area contributed by atoms with Gasteiger partial charge >= 0.3 is 0 Å². The lowest BCUT2D eigenvalue weighted by atomic mass is 9.97. The minimum Gasteiger partial charge on any atom is -0.350 e. The van der Waals surface area contributed by atoms with E-state index in [0.29, 0.717) is 12.1 Å². The van der Waals surface area contributed by atoms with E-state index in [0.717, 1.165) is 31.2 Å². The first-order valence-corrected chi connectivity index (χ1v) is 7.64. The molecule has 5 heteroatoms. The van der Waals surface area contributed by atoms with Crippen LogP contribution in [-0.2, 0) is 16.1 Å². The maximum atomic E-state index is 12.4. The van der Waals surface area contributed by atoms with Crippen LogP contribution in [0.3, 0.4) is 0 Å². The van der Waals surface area contributed by atoms with E-state index in [2.05, 4.69) is 16.7 Å². The van der Waals surface area contributed by atoms with Gasteiger partial charge in [-0.1, -0.05) is 25.0 Å². The quantitative estimate of drug-likeness (QED) is 0.870. The van der Waals surface area contributed by atoms with Crippen LogP contribution >= 0.6 is 0 Å². The molecule has 1 atom stereocenters. The summed E-state index contributed by atoms with van der Waals surface area (Å²) >= 11 is 0. The van der Waals surface area contributed by atoms with Crippen LogP contribution in [0.2, 0.25) is 0 Å². The molecule has 2 rings (SSSR count). The molecule has 1 aromatic carbocycles. The Kier molecular flexibility index (Phi) is 5.54. The van der Waals surface area contributed by atoms with E-state index >= 15 is 0 Å². The molecule has 5 nitrogen and oxygen atoms in total. The highest BCUT2D eigenvalue weighted by molar-refractivity contribution is 5.87. The zero-order chi connectivity index (χ0) is 15.9. The molecule has 1 fully saturated rings. The molecule has 0 heterocycles. The third kappa shape index (κ3) is 4.32. The van der Waals surface area contributed by atoms with Gasteiger partial charge in [-0.2, -0.15) is 5.26 Å². The molecule has 1 aliphatic rings. The minimum absolute atomic E-state index is 0.133. The molecule has 22 heavy (non-hydrogen) atoms. The minimum atomic E-state index is -0.446. The molecular weight excluding hydrogens is 278 g/mol. The van der Waals surface area contributed by atoms with Gasteiger partial charge in [0.2, 0.25) is 11.8 Å². The highest BCUT2D eigenvalue weighted by Crippen LogP contribution is 2.27. The lowest BCUT2D eigenvalue weighted by Crippen LogP contribution is -2.49. The Hall–Kier alpha value is -2.35. The van der Waals surface area contributed by atoms with Crippen LogP contribution in [-0.4, -0.2) is 17.9 Å². The zero-order valence-corrected chi connectivity index (χ0v) is 12.8. The van der Waals surface area contributed by atoms with Crippen LogP contribution in [0.5, 0.6) is 0 Å². The smallest absolute Gasteiger partial charge is 0.243 e. The molecule has 0 bridgehead atoms. The fraction of sp³-hybridized carbons (Fsp3) is 0.471. The fourth-order valence-electron chi connectivity index (χ4n) is 2.90. The maximum absolute atomic E-state index is 12.4. The second-order valence-electron chi connectivity index (χ2n) is 5.75. The summed E-state index contributed by atoms with van der Waals surface area (Å²) in [5.41, 5.74) is 1.53. The molecule has 1 saturated carbocycles. The lowest BCUT2D eigenvalue weighted by Gasteiger charge is -2.23. The molecule has 0 aromatic heterocycles. The van der Waals surface area contributed by atoms with E-state index < -0.39 is 6.04 Å². The van der Waals surface area contributed by atoms with Crippen LogP contribution in [0.15, 0.2) is 24.3 Å². The van der Waals surface area contributed by atoms with Crippen molar-refractivity contribution in [3.63, 3.8) is 0 Å². The molecule has 2 N–H and O–H groups in total. The summed E-state index contributed by atoms with van der Waals surface area (Å²) in [6.45, 7) is 1.84. The number of nitrogens with zero attached hydrogens (tertiary/aromatic N) is 1. The number of nitrogens with one attached hydrogen (secondary N) is 2. The Morgan fingerprint density at radius 3 is 2.45 bits per heavy atom. The summed E-state index contributed by atoms with van der Waals surface area (Å²) in [5, 5.41) is 14.4. The summed E-state index contributed by atoms with van der Waals surface area (Å²) < 4.78 is 0. The van der Waals surface area contributed by atoms with Crippen LogP contribution in [0, 0.1) is 17.2 Å². The van der Waals surface area contributed by atoms with Crippen molar-refractivity contribution in [1.82, 2.24) is 10.6 Å². The highest BCUT2D eigenvalue weighted by atomic mass is 16.2. The van der Waals surface area contributed by atoms with Crippen LogP contribution in [0.4, 0.5) is 0 Å². The van der Waals surface area contributed by atoms with Crippen molar-refractivity contribution in [1.29, 1.82) is 5.26 Å². The molecule has 0 spiro atoms. The Morgan fingerprint density at radius 1 is 1.27 bits per heavy atom. The summed E-state index contributed by atoms with van der Waals surface area (Å²) in [6.07, 6.45) is 4.19. The lowest BCUT2D eigenvalue weighted by molar-refractivity contribution is -0.129. The number of amides is 2. The van der Waals surface area contributed by atoms with Gasteiger partial charge in [-0.15, -0.1) is 0 Å². The number of nitriles is 1. The summed E-state index contributed by atoms with van der Waals surface area (Å²) in [5.74, 6) is -0.0817. The molecule has 1 unspecified atom stereocenters. The Balaban J connectivity index is 1.94. The molecular formula is C17H21N3O2. The van der Waals surface area contributed by atoms with E-state index in [1.807, 2.05) is 12.1 Å². The number of carbonyl (C=O) groups excluding carboxylic acids is 2. The third-order valence-electron chi connectivity index (χ3n) is 4.06. The third-order valence-corrected chi connectivity index (χ3v) is 4.06. The van der Waals surface area contributed by atoms with Gasteiger partial charge in [0.05, 0.1) is 11.6 Å². The van der Waals surface area contributed by atoms with Crippen LogP contribution in [0.1, 0.15) is 43.7 Å². The first kappa shape index (κ1) is 16.0. The van der Waals surface area contributed by atoms with Crippen molar-refractivity contribution >= 4 is 11.8 Å². The van der Waals surface area contributed by atoms with Crippen LogP contribution in [0.25, 0.3) is 0 Å². The maximum Gasteiger partial charge on any atom is 0.243 e. The molecule has 0 saturated heterocycles. The molecule has 1 aliphatic carbocycles. The Morgan fingerprint density at radius 2 is 1.91 bits per heavy atom. The van der Waals surface area contributed by atoms with E-state index in [1.54, 1.807) is 12.1 Å². The normalized spacial score (nSPS) is 15.8. The standard InChI is InChI=1S/C17H21N3O2/c1-12(21)20-16(15-4-2-3-5-15)17(22)19-11-14-8-6-13(10-18)7-9-14/h6-9,15-16H,2-5,11H2,1H3,(H,19,22)(H,20,21). The van der Waals surface area contributed by atoms with Gasteiger partial charge < -0.3 is 10.6 Å². The molecule has 1 aromatic rings. The fourth-order valence-corrected chi connectivity index (χ4v) is 2.90. The van der Waals surface area contributed by atoms with Gasteiger partial charge in [0, 0.05) is 13.5 Å². The Labute approximate surface area is 130 Å². The molecule has 116 valence electrons. The van der Waals surface area contributed by atoms with E-state index in [4.69, 9.17) is 5.26 Å². The van der Waals surface area contributed by atoms with E-state index in [9.17, 15) is 9.59 Å². The van der Waals surface area contributed by atoms with Crippen molar-refractivity contribution in [2.45, 2.75) is 45.2 Å². The molecule has 2 amide bonds. The zero-order valence-electron chi connectivity index (χ0n) is 12.8. The molecule has 0 radical (unpaired) electrons. The van der Waals surface area contributed by atoms with E-state index in [-0.39, 0.29) is 17.7 Å². The van der Waals surface area contributed by atoms with Gasteiger partial charge in [0.1, 0.15) is 6.04 Å². The predicted molar refractivity (Wildman–Crippen MR) is 82.6 cm³/mol. The number of carbonyl (C=O) groups is 2. The first-order chi connectivity index (χ1) is 10.6. The average molecular weight is 299 g/mol. The molecule has 0 aliphatic heterocycles. The van der Waals surface area contributed by atoms with Gasteiger partial charge in [0.15, 0.2) is 0 Å². The number of hydrogen-bond donors (Lipinski definition) is 2.